The van der Waals surface area contributed by atoms with Crippen molar-refractivity contribution in [1.82, 2.24) is 4.31 Å². The molecule has 0 spiro atoms. The second-order valence-corrected chi connectivity index (χ2v) is 8.72. The molecule has 0 saturated heterocycles. The number of carbonyl (C=O) groups excluding carboxylic acids is 1. The quantitative estimate of drug-likeness (QED) is 0.643. The Morgan fingerprint density at radius 3 is 2.10 bits per heavy atom. The van der Waals surface area contributed by atoms with Gasteiger partial charge in [0.05, 0.1) is 4.90 Å². The minimum atomic E-state index is -3.52. The second kappa shape index (κ2) is 8.89. The van der Waals surface area contributed by atoms with Crippen molar-refractivity contribution in [2.45, 2.75) is 11.5 Å². The maximum atomic E-state index is 12.4. The molecule has 0 aliphatic rings. The topological polar surface area (TPSA) is 75.7 Å². The van der Waals surface area contributed by atoms with Crippen LogP contribution in [0.1, 0.15) is 15.9 Å². The Bertz CT molecular complexity index is 1060. The number of anilines is 1. The van der Waals surface area contributed by atoms with Crippen LogP contribution in [-0.4, -0.2) is 32.7 Å². The maximum Gasteiger partial charge on any atom is 0.255 e. The molecule has 0 aliphatic carbocycles. The lowest BCUT2D eigenvalue weighted by atomic mass is 10.2. The van der Waals surface area contributed by atoms with Crippen LogP contribution < -0.4 is 10.1 Å². The lowest BCUT2D eigenvalue weighted by molar-refractivity contribution is 0.102. The summed E-state index contributed by atoms with van der Waals surface area (Å²) in [5.41, 5.74) is 2.06. The molecule has 0 bridgehead atoms. The molecule has 6 nitrogen and oxygen atoms in total. The van der Waals surface area contributed by atoms with Crippen molar-refractivity contribution < 1.29 is 17.9 Å². The average Bonchev–Trinajstić information content (AvgIpc) is 2.74. The number of rotatable bonds is 7. The highest BCUT2D eigenvalue weighted by Gasteiger charge is 2.17. The van der Waals surface area contributed by atoms with Gasteiger partial charge in [-0.1, -0.05) is 30.3 Å². The molecule has 0 aromatic heterocycles. The zero-order valence-electron chi connectivity index (χ0n) is 16.2. The highest BCUT2D eigenvalue weighted by Crippen LogP contribution is 2.19. The van der Waals surface area contributed by atoms with Gasteiger partial charge in [-0.15, -0.1) is 0 Å². The molecule has 0 atom stereocenters. The van der Waals surface area contributed by atoms with Gasteiger partial charge in [0.25, 0.3) is 5.91 Å². The molecule has 150 valence electrons. The molecule has 3 aromatic carbocycles. The smallest absolute Gasteiger partial charge is 0.255 e. The standard InChI is InChI=1S/C22H22N2O4S/c1-24(2)29(26,27)21-14-8-18(9-15-21)22(25)23-19-10-12-20(13-11-19)28-16-17-6-4-3-5-7-17/h3-15H,16H2,1-2H3,(H,23,25). The molecule has 1 N–H and O–H groups in total. The van der Waals surface area contributed by atoms with E-state index in [4.69, 9.17) is 4.74 Å². The van der Waals surface area contributed by atoms with Crippen LogP contribution >= 0.6 is 0 Å². The van der Waals surface area contributed by atoms with E-state index in [1.807, 2.05) is 30.3 Å². The zero-order valence-corrected chi connectivity index (χ0v) is 17.0. The Hall–Kier alpha value is -3.16. The van der Waals surface area contributed by atoms with E-state index in [1.54, 1.807) is 24.3 Å². The SMILES string of the molecule is CN(C)S(=O)(=O)c1ccc(C(=O)Nc2ccc(OCc3ccccc3)cc2)cc1. The van der Waals surface area contributed by atoms with Gasteiger partial charge < -0.3 is 10.1 Å². The largest absolute Gasteiger partial charge is 0.489 e. The van der Waals surface area contributed by atoms with Crippen LogP contribution in [0.25, 0.3) is 0 Å². The third-order valence-electron chi connectivity index (χ3n) is 4.26. The molecule has 0 saturated carbocycles. The van der Waals surface area contributed by atoms with Crippen molar-refractivity contribution in [1.29, 1.82) is 0 Å². The summed E-state index contributed by atoms with van der Waals surface area (Å²) in [5, 5.41) is 2.79. The van der Waals surface area contributed by atoms with Gasteiger partial charge in [0.1, 0.15) is 12.4 Å². The number of nitrogens with zero attached hydrogens (tertiary/aromatic N) is 1. The van der Waals surface area contributed by atoms with Gasteiger partial charge in [0.15, 0.2) is 0 Å². The van der Waals surface area contributed by atoms with Crippen molar-refractivity contribution in [3.8, 4) is 5.75 Å². The van der Waals surface area contributed by atoms with Crippen LogP contribution in [0.5, 0.6) is 5.75 Å². The summed E-state index contributed by atoms with van der Waals surface area (Å²) in [5.74, 6) is 0.377. The first-order valence-electron chi connectivity index (χ1n) is 8.97. The van der Waals surface area contributed by atoms with Crippen LogP contribution in [0, 0.1) is 0 Å². The summed E-state index contributed by atoms with van der Waals surface area (Å²) in [7, 11) is -0.598. The van der Waals surface area contributed by atoms with E-state index < -0.39 is 10.0 Å². The number of hydrogen-bond donors (Lipinski definition) is 1. The fraction of sp³-hybridized carbons (Fsp3) is 0.136. The van der Waals surface area contributed by atoms with Gasteiger partial charge in [-0.05, 0) is 54.1 Å². The molecule has 7 heteroatoms. The molecule has 3 rings (SSSR count). The predicted molar refractivity (Wildman–Crippen MR) is 112 cm³/mol. The fourth-order valence-electron chi connectivity index (χ4n) is 2.57. The molecule has 0 heterocycles. The minimum absolute atomic E-state index is 0.138. The Morgan fingerprint density at radius 1 is 0.897 bits per heavy atom. The average molecular weight is 410 g/mol. The van der Waals surface area contributed by atoms with Crippen LogP contribution in [0.15, 0.2) is 83.8 Å². The number of amides is 1. The van der Waals surface area contributed by atoms with Gasteiger partial charge in [0.2, 0.25) is 10.0 Å². The Labute approximate surface area is 170 Å². The van der Waals surface area contributed by atoms with Gasteiger partial charge in [-0.3, -0.25) is 4.79 Å². The molecule has 1 amide bonds. The summed E-state index contributed by atoms with van der Waals surface area (Å²) in [6, 6.07) is 22.7. The van der Waals surface area contributed by atoms with Crippen molar-refractivity contribution in [3.05, 3.63) is 90.0 Å². The van der Waals surface area contributed by atoms with E-state index in [1.165, 1.54) is 38.4 Å². The Kier molecular flexibility index (Phi) is 6.31. The maximum absolute atomic E-state index is 12.4. The summed E-state index contributed by atoms with van der Waals surface area (Å²) in [4.78, 5) is 12.5. The first kappa shape index (κ1) is 20.6. The van der Waals surface area contributed by atoms with Gasteiger partial charge in [-0.25, -0.2) is 12.7 Å². The predicted octanol–water partition coefficient (Wildman–Crippen LogP) is 3.77. The molecular weight excluding hydrogens is 388 g/mol. The number of benzene rings is 3. The molecule has 0 fully saturated rings. The number of ether oxygens (including phenoxy) is 1. The highest BCUT2D eigenvalue weighted by atomic mass is 32.2. The second-order valence-electron chi connectivity index (χ2n) is 6.56. The number of hydrogen-bond acceptors (Lipinski definition) is 4. The van der Waals surface area contributed by atoms with Gasteiger partial charge in [-0.2, -0.15) is 0 Å². The first-order chi connectivity index (χ1) is 13.9. The van der Waals surface area contributed by atoms with Crippen molar-refractivity contribution in [2.24, 2.45) is 0 Å². The number of sulfonamides is 1. The van der Waals surface area contributed by atoms with E-state index in [-0.39, 0.29) is 10.8 Å². The van der Waals surface area contributed by atoms with E-state index in [0.717, 1.165) is 9.87 Å². The van der Waals surface area contributed by atoms with E-state index in [0.29, 0.717) is 23.6 Å². The van der Waals surface area contributed by atoms with Crippen LogP contribution in [0.2, 0.25) is 0 Å². The Morgan fingerprint density at radius 2 is 1.52 bits per heavy atom. The fourth-order valence-corrected chi connectivity index (χ4v) is 3.47. The molecule has 0 aliphatic heterocycles. The van der Waals surface area contributed by atoms with Crippen LogP contribution in [0.4, 0.5) is 5.69 Å². The summed E-state index contributed by atoms with van der Waals surface area (Å²) in [6.07, 6.45) is 0. The molecule has 0 unspecified atom stereocenters. The third-order valence-corrected chi connectivity index (χ3v) is 6.08. The number of carbonyl (C=O) groups is 1. The molecule has 3 aromatic rings. The monoisotopic (exact) mass is 410 g/mol. The molecular formula is C22H22N2O4S. The van der Waals surface area contributed by atoms with E-state index in [9.17, 15) is 13.2 Å². The van der Waals surface area contributed by atoms with E-state index >= 15 is 0 Å². The zero-order chi connectivity index (χ0) is 20.9. The summed E-state index contributed by atoms with van der Waals surface area (Å²) in [6.45, 7) is 0.467. The van der Waals surface area contributed by atoms with E-state index in [2.05, 4.69) is 5.32 Å². The highest BCUT2D eigenvalue weighted by molar-refractivity contribution is 7.89. The minimum Gasteiger partial charge on any atom is -0.489 e. The normalized spacial score (nSPS) is 11.3. The summed E-state index contributed by atoms with van der Waals surface area (Å²) >= 11 is 0. The van der Waals surface area contributed by atoms with Crippen molar-refractivity contribution >= 4 is 21.6 Å². The third kappa shape index (κ3) is 5.22. The summed E-state index contributed by atoms with van der Waals surface area (Å²) < 4.78 is 31.0. The van der Waals surface area contributed by atoms with Gasteiger partial charge in [0, 0.05) is 25.3 Å². The van der Waals surface area contributed by atoms with Gasteiger partial charge >= 0.3 is 0 Å². The lowest BCUT2D eigenvalue weighted by Crippen LogP contribution is -2.22. The van der Waals surface area contributed by atoms with Crippen molar-refractivity contribution in [2.75, 3.05) is 19.4 Å². The van der Waals surface area contributed by atoms with Crippen LogP contribution in [-0.2, 0) is 16.6 Å². The first-order valence-corrected chi connectivity index (χ1v) is 10.4. The lowest BCUT2D eigenvalue weighted by Gasteiger charge is -2.12. The van der Waals surface area contributed by atoms with Crippen LogP contribution in [0.3, 0.4) is 0 Å². The molecule has 29 heavy (non-hydrogen) atoms. The Balaban J connectivity index is 1.60. The van der Waals surface area contributed by atoms with Crippen molar-refractivity contribution in [3.63, 3.8) is 0 Å². The molecule has 0 radical (unpaired) electrons. The number of nitrogens with one attached hydrogen (secondary N) is 1.